The van der Waals surface area contributed by atoms with Gasteiger partial charge in [0, 0.05) is 32.0 Å². The molecule has 1 heterocycles. The third-order valence-electron chi connectivity index (χ3n) is 4.59. The summed E-state index contributed by atoms with van der Waals surface area (Å²) < 4.78 is 41.3. The Kier molecular flexibility index (Phi) is 7.39. The minimum Gasteiger partial charge on any atom is -0.497 e. The summed E-state index contributed by atoms with van der Waals surface area (Å²) in [6.07, 6.45) is 1.68. The first-order chi connectivity index (χ1) is 15.7. The fraction of sp³-hybridized carbons (Fsp3) is 0.217. The third-order valence-corrected chi connectivity index (χ3v) is 5.90. The molecule has 0 aliphatic rings. The van der Waals surface area contributed by atoms with Crippen LogP contribution in [0.5, 0.6) is 5.75 Å². The minimum absolute atomic E-state index is 0.105. The highest BCUT2D eigenvalue weighted by Crippen LogP contribution is 2.30. The van der Waals surface area contributed by atoms with Crippen molar-refractivity contribution in [1.82, 2.24) is 9.88 Å². The smallest absolute Gasteiger partial charge is 0.338 e. The van der Waals surface area contributed by atoms with Crippen LogP contribution >= 0.6 is 0 Å². The molecule has 0 spiro atoms. The molecule has 1 aromatic heterocycles. The molecular weight excluding hydrogens is 444 g/mol. The number of carbonyl (C=O) groups is 1. The summed E-state index contributed by atoms with van der Waals surface area (Å²) in [7, 11) is 0.688. The summed E-state index contributed by atoms with van der Waals surface area (Å²) in [5.74, 6) is 0.198. The van der Waals surface area contributed by atoms with Gasteiger partial charge in [-0.1, -0.05) is 6.07 Å². The van der Waals surface area contributed by atoms with Crippen molar-refractivity contribution in [3.8, 4) is 5.75 Å². The fourth-order valence-electron chi connectivity index (χ4n) is 3.04. The molecule has 3 rings (SSSR count). The molecule has 3 aromatic rings. The number of carbonyl (C=O) groups excluding carboxylic acids is 1. The highest BCUT2D eigenvalue weighted by Gasteiger charge is 2.23. The van der Waals surface area contributed by atoms with Crippen LogP contribution < -0.4 is 10.1 Å². The minimum atomic E-state index is -4.24. The Morgan fingerprint density at radius 1 is 1.12 bits per heavy atom. The van der Waals surface area contributed by atoms with Crippen LogP contribution in [0, 0.1) is 0 Å². The van der Waals surface area contributed by atoms with E-state index < -0.39 is 16.0 Å². The van der Waals surface area contributed by atoms with E-state index in [1.165, 1.54) is 18.2 Å². The van der Waals surface area contributed by atoms with E-state index in [9.17, 15) is 13.2 Å². The van der Waals surface area contributed by atoms with Gasteiger partial charge >= 0.3 is 5.97 Å². The normalized spacial score (nSPS) is 11.7. The molecular formula is C23H26N4O5S. The first-order valence-electron chi connectivity index (χ1n) is 10.1. The molecule has 10 heteroatoms. The van der Waals surface area contributed by atoms with E-state index in [1.807, 2.05) is 0 Å². The molecule has 0 amide bonds. The number of nitrogens with zero attached hydrogens (tertiary/aromatic N) is 2. The van der Waals surface area contributed by atoms with E-state index >= 15 is 0 Å². The number of hydrogen-bond acceptors (Lipinski definition) is 6. The van der Waals surface area contributed by atoms with Crippen LogP contribution in [-0.4, -0.2) is 57.9 Å². The summed E-state index contributed by atoms with van der Waals surface area (Å²) in [5.41, 5.74) is 1.50. The second kappa shape index (κ2) is 10.2. The molecule has 174 valence electrons. The van der Waals surface area contributed by atoms with Gasteiger partial charge < -0.3 is 24.7 Å². The number of methoxy groups -OCH3 is 1. The number of benzene rings is 2. The lowest BCUT2D eigenvalue weighted by Crippen LogP contribution is -2.25. The fourth-order valence-corrected chi connectivity index (χ4v) is 4.30. The molecule has 0 saturated carbocycles. The lowest BCUT2D eigenvalue weighted by molar-refractivity contribution is 0.0526. The van der Waals surface area contributed by atoms with Crippen molar-refractivity contribution in [2.24, 2.45) is 4.40 Å². The Bertz CT molecular complexity index is 1250. The Balaban J connectivity index is 2.13. The highest BCUT2D eigenvalue weighted by atomic mass is 32.2. The number of rotatable bonds is 8. The number of anilines is 2. The van der Waals surface area contributed by atoms with Crippen molar-refractivity contribution < 1.29 is 22.7 Å². The van der Waals surface area contributed by atoms with E-state index in [4.69, 9.17) is 9.47 Å². The standard InChI is InChI=1S/C23H26N4O5S/c1-5-32-23(28)16-11-12-19(25-17-8-6-9-18(15-17)31-4)21(14-16)33(29,30)26-22(27(2)3)20-10-7-13-24-20/h6-15,24-25H,5H2,1-4H3. The molecule has 0 aliphatic carbocycles. The van der Waals surface area contributed by atoms with Gasteiger partial charge in [0.15, 0.2) is 5.84 Å². The van der Waals surface area contributed by atoms with Crippen LogP contribution in [-0.2, 0) is 14.8 Å². The second-order valence-electron chi connectivity index (χ2n) is 7.16. The summed E-state index contributed by atoms with van der Waals surface area (Å²) in [6.45, 7) is 1.85. The largest absolute Gasteiger partial charge is 0.497 e. The number of amidine groups is 1. The number of sulfonamides is 1. The van der Waals surface area contributed by atoms with Crippen LogP contribution in [0.15, 0.2) is 70.1 Å². The molecule has 2 N–H and O–H groups in total. The number of nitrogens with one attached hydrogen (secondary N) is 2. The van der Waals surface area contributed by atoms with E-state index in [2.05, 4.69) is 14.7 Å². The molecule has 0 aliphatic heterocycles. The number of aromatic amines is 1. The van der Waals surface area contributed by atoms with Crippen molar-refractivity contribution in [3.05, 3.63) is 72.1 Å². The van der Waals surface area contributed by atoms with Crippen LogP contribution in [0.1, 0.15) is 23.0 Å². The number of H-pyrrole nitrogens is 1. The Labute approximate surface area is 193 Å². The average Bonchev–Trinajstić information content (AvgIpc) is 3.32. The van der Waals surface area contributed by atoms with E-state index in [-0.39, 0.29) is 28.6 Å². The van der Waals surface area contributed by atoms with Crippen LogP contribution in [0.25, 0.3) is 0 Å². The maximum absolute atomic E-state index is 13.5. The predicted octanol–water partition coefficient (Wildman–Crippen LogP) is 3.64. The van der Waals surface area contributed by atoms with Crippen molar-refractivity contribution >= 4 is 33.2 Å². The van der Waals surface area contributed by atoms with Gasteiger partial charge in [-0.25, -0.2) is 4.79 Å². The maximum atomic E-state index is 13.5. The van der Waals surface area contributed by atoms with E-state index in [0.717, 1.165) is 0 Å². The lowest BCUT2D eigenvalue weighted by Gasteiger charge is -2.16. The summed E-state index contributed by atoms with van der Waals surface area (Å²) >= 11 is 0. The molecule has 0 unspecified atom stereocenters. The van der Waals surface area contributed by atoms with Crippen LogP contribution in [0.4, 0.5) is 11.4 Å². The van der Waals surface area contributed by atoms with Gasteiger partial charge in [-0.05, 0) is 49.4 Å². The van der Waals surface area contributed by atoms with Crippen molar-refractivity contribution in [2.45, 2.75) is 11.8 Å². The van der Waals surface area contributed by atoms with Crippen LogP contribution in [0.2, 0.25) is 0 Å². The molecule has 9 nitrogen and oxygen atoms in total. The van der Waals surface area contributed by atoms with Gasteiger partial charge in [-0.15, -0.1) is 4.40 Å². The van der Waals surface area contributed by atoms with Crippen molar-refractivity contribution in [3.63, 3.8) is 0 Å². The molecule has 0 bridgehead atoms. The number of hydrogen-bond donors (Lipinski definition) is 2. The Morgan fingerprint density at radius 3 is 2.55 bits per heavy atom. The van der Waals surface area contributed by atoms with Gasteiger partial charge in [-0.2, -0.15) is 8.42 Å². The zero-order chi connectivity index (χ0) is 24.0. The predicted molar refractivity (Wildman–Crippen MR) is 127 cm³/mol. The van der Waals surface area contributed by atoms with Crippen molar-refractivity contribution in [2.75, 3.05) is 33.1 Å². The van der Waals surface area contributed by atoms with Crippen LogP contribution in [0.3, 0.4) is 0 Å². The van der Waals surface area contributed by atoms with Gasteiger partial charge in [0.2, 0.25) is 0 Å². The monoisotopic (exact) mass is 470 g/mol. The first-order valence-corrected chi connectivity index (χ1v) is 11.6. The zero-order valence-corrected chi connectivity index (χ0v) is 19.6. The Morgan fingerprint density at radius 2 is 1.91 bits per heavy atom. The summed E-state index contributed by atoms with van der Waals surface area (Å²) in [4.78, 5) is 16.7. The molecule has 0 fully saturated rings. The lowest BCUT2D eigenvalue weighted by atomic mass is 10.2. The third kappa shape index (κ3) is 5.72. The zero-order valence-electron chi connectivity index (χ0n) is 18.8. The highest BCUT2D eigenvalue weighted by molar-refractivity contribution is 7.90. The van der Waals surface area contributed by atoms with Gasteiger partial charge in [-0.3, -0.25) is 0 Å². The van der Waals surface area contributed by atoms with Gasteiger partial charge in [0.1, 0.15) is 10.6 Å². The van der Waals surface area contributed by atoms with Gasteiger partial charge in [0.25, 0.3) is 10.0 Å². The van der Waals surface area contributed by atoms with Gasteiger partial charge in [0.05, 0.1) is 30.7 Å². The summed E-state index contributed by atoms with van der Waals surface area (Å²) in [5, 5.41) is 3.09. The second-order valence-corrected chi connectivity index (χ2v) is 8.73. The Hall–Kier alpha value is -3.79. The number of esters is 1. The molecule has 33 heavy (non-hydrogen) atoms. The topological polar surface area (TPSA) is 113 Å². The number of ether oxygens (including phenoxy) is 2. The van der Waals surface area contributed by atoms with E-state index in [0.29, 0.717) is 17.1 Å². The number of aromatic nitrogens is 1. The molecule has 0 atom stereocenters. The SMILES string of the molecule is CCOC(=O)c1ccc(Nc2cccc(OC)c2)c(S(=O)(=O)N=C(c2ccc[nH]2)N(C)C)c1. The quantitative estimate of drug-likeness (QED) is 0.294. The van der Waals surface area contributed by atoms with E-state index in [1.54, 1.807) is 75.6 Å². The molecule has 0 saturated heterocycles. The summed E-state index contributed by atoms with van der Waals surface area (Å²) in [6, 6.07) is 14.8. The maximum Gasteiger partial charge on any atom is 0.338 e. The van der Waals surface area contributed by atoms with Crippen molar-refractivity contribution in [1.29, 1.82) is 0 Å². The first kappa shape index (κ1) is 23.9. The molecule has 2 aromatic carbocycles. The molecule has 0 radical (unpaired) electrons. The average molecular weight is 471 g/mol.